The predicted octanol–water partition coefficient (Wildman–Crippen LogP) is 0.794. The zero-order valence-corrected chi connectivity index (χ0v) is 8.52. The molecule has 1 rings (SSSR count). The van der Waals surface area contributed by atoms with E-state index in [-0.39, 0.29) is 17.1 Å². The molecule has 0 aliphatic carbocycles. The van der Waals surface area contributed by atoms with E-state index >= 15 is 0 Å². The van der Waals surface area contributed by atoms with E-state index in [0.29, 0.717) is 5.56 Å². The number of hydrogen-bond donors (Lipinski definition) is 3. The van der Waals surface area contributed by atoms with Crippen LogP contribution in [0.4, 0.5) is 0 Å². The zero-order chi connectivity index (χ0) is 11.6. The summed E-state index contributed by atoms with van der Waals surface area (Å²) in [6.45, 7) is 1.68. The zero-order valence-electron chi connectivity index (χ0n) is 8.52. The number of rotatable bonds is 3. The first-order chi connectivity index (χ1) is 6.99. The molecule has 0 radical (unpaired) electrons. The Hall–Kier alpha value is -1.75. The summed E-state index contributed by atoms with van der Waals surface area (Å²) in [5.41, 5.74) is 6.24. The number of phenols is 1. The maximum Gasteiger partial charge on any atom is 0.325 e. The van der Waals surface area contributed by atoms with E-state index in [1.807, 2.05) is 0 Å². The van der Waals surface area contributed by atoms with Crippen molar-refractivity contribution in [3.63, 3.8) is 0 Å². The Morgan fingerprint density at radius 2 is 2.13 bits per heavy atom. The lowest BCUT2D eigenvalue weighted by molar-refractivity contribution is -0.138. The average molecular weight is 211 g/mol. The monoisotopic (exact) mass is 211 g/mol. The van der Waals surface area contributed by atoms with Crippen LogP contribution in [0.1, 0.15) is 17.2 Å². The van der Waals surface area contributed by atoms with Gasteiger partial charge in [-0.15, -0.1) is 0 Å². The largest absolute Gasteiger partial charge is 0.504 e. The van der Waals surface area contributed by atoms with E-state index in [2.05, 4.69) is 0 Å². The second-order valence-corrected chi connectivity index (χ2v) is 3.16. The number of hydrogen-bond acceptors (Lipinski definition) is 4. The Balaban J connectivity index is 3.32. The molecule has 0 saturated carbocycles. The van der Waals surface area contributed by atoms with Gasteiger partial charge in [-0.25, -0.2) is 0 Å². The van der Waals surface area contributed by atoms with E-state index in [1.54, 1.807) is 19.1 Å². The van der Waals surface area contributed by atoms with Crippen LogP contribution in [0.3, 0.4) is 0 Å². The maximum absolute atomic E-state index is 10.7. The van der Waals surface area contributed by atoms with Gasteiger partial charge in [0.2, 0.25) is 0 Å². The Kier molecular flexibility index (Phi) is 3.16. The lowest BCUT2D eigenvalue weighted by atomic mass is 10.0. The van der Waals surface area contributed by atoms with Gasteiger partial charge in [0, 0.05) is 5.56 Å². The summed E-state index contributed by atoms with van der Waals surface area (Å²) >= 11 is 0. The lowest BCUT2D eigenvalue weighted by Crippen LogP contribution is -2.21. The molecule has 0 spiro atoms. The number of carboxylic acids is 1. The highest BCUT2D eigenvalue weighted by atomic mass is 16.5. The van der Waals surface area contributed by atoms with E-state index in [0.717, 1.165) is 0 Å². The molecule has 5 heteroatoms. The van der Waals surface area contributed by atoms with Crippen LogP contribution in [-0.4, -0.2) is 23.3 Å². The number of ether oxygens (including phenoxy) is 1. The first-order valence-corrected chi connectivity index (χ1v) is 4.34. The summed E-state index contributed by atoms with van der Waals surface area (Å²) in [7, 11) is 1.39. The van der Waals surface area contributed by atoms with Gasteiger partial charge in [-0.2, -0.15) is 0 Å². The van der Waals surface area contributed by atoms with Crippen molar-refractivity contribution in [2.75, 3.05) is 7.11 Å². The van der Waals surface area contributed by atoms with Crippen molar-refractivity contribution in [1.82, 2.24) is 0 Å². The molecule has 5 nitrogen and oxygen atoms in total. The summed E-state index contributed by atoms with van der Waals surface area (Å²) < 4.78 is 4.87. The fraction of sp³-hybridized carbons (Fsp3) is 0.300. The molecule has 0 heterocycles. The van der Waals surface area contributed by atoms with Crippen LogP contribution in [-0.2, 0) is 4.79 Å². The van der Waals surface area contributed by atoms with Gasteiger partial charge in [-0.1, -0.05) is 6.07 Å². The predicted molar refractivity (Wildman–Crippen MR) is 54.0 cm³/mol. The summed E-state index contributed by atoms with van der Waals surface area (Å²) in [6.07, 6.45) is 0. The second kappa shape index (κ2) is 4.18. The molecule has 0 aromatic heterocycles. The number of aryl methyl sites for hydroxylation is 1. The molecule has 15 heavy (non-hydrogen) atoms. The Labute approximate surface area is 87.1 Å². The van der Waals surface area contributed by atoms with Gasteiger partial charge in [0.05, 0.1) is 7.11 Å². The standard InChI is InChI=1S/C10H13NO4/c1-5-3-4-6(15-2)9(12)7(5)8(11)10(13)14/h3-4,8,12H,11H2,1-2H3,(H,13,14). The smallest absolute Gasteiger partial charge is 0.325 e. The molecular formula is C10H13NO4. The molecule has 0 aliphatic rings. The minimum absolute atomic E-state index is 0.182. The highest BCUT2D eigenvalue weighted by Crippen LogP contribution is 2.35. The average Bonchev–Trinajstić information content (AvgIpc) is 2.17. The molecule has 1 aromatic rings. The Bertz CT molecular complexity index is 389. The van der Waals surface area contributed by atoms with Crippen LogP contribution in [0.15, 0.2) is 12.1 Å². The van der Waals surface area contributed by atoms with Gasteiger partial charge in [0.15, 0.2) is 11.5 Å². The van der Waals surface area contributed by atoms with Crippen LogP contribution in [0.5, 0.6) is 11.5 Å². The Morgan fingerprint density at radius 1 is 1.53 bits per heavy atom. The van der Waals surface area contributed by atoms with E-state index in [1.165, 1.54) is 7.11 Å². The Morgan fingerprint density at radius 3 is 2.60 bits per heavy atom. The van der Waals surface area contributed by atoms with Crippen molar-refractivity contribution in [3.05, 3.63) is 23.3 Å². The van der Waals surface area contributed by atoms with Gasteiger partial charge in [0.25, 0.3) is 0 Å². The van der Waals surface area contributed by atoms with E-state index in [9.17, 15) is 9.90 Å². The minimum atomic E-state index is -1.25. The van der Waals surface area contributed by atoms with Gasteiger partial charge >= 0.3 is 5.97 Å². The highest BCUT2D eigenvalue weighted by Gasteiger charge is 2.22. The number of nitrogens with two attached hydrogens (primary N) is 1. The normalized spacial score (nSPS) is 12.2. The molecule has 82 valence electrons. The topological polar surface area (TPSA) is 92.8 Å². The van der Waals surface area contributed by atoms with Crippen LogP contribution in [0.2, 0.25) is 0 Å². The van der Waals surface area contributed by atoms with Crippen molar-refractivity contribution in [2.24, 2.45) is 5.73 Å². The highest BCUT2D eigenvalue weighted by molar-refractivity contribution is 5.77. The SMILES string of the molecule is COc1ccc(C)c(C(N)C(=O)O)c1O. The number of benzene rings is 1. The van der Waals surface area contributed by atoms with Crippen LogP contribution < -0.4 is 10.5 Å². The molecule has 1 atom stereocenters. The van der Waals surface area contributed by atoms with Crippen molar-refractivity contribution >= 4 is 5.97 Å². The molecule has 0 aliphatic heterocycles. The number of aromatic hydroxyl groups is 1. The fourth-order valence-corrected chi connectivity index (χ4v) is 1.37. The maximum atomic E-state index is 10.7. The third-order valence-corrected chi connectivity index (χ3v) is 2.20. The molecule has 0 amide bonds. The first-order valence-electron chi connectivity index (χ1n) is 4.34. The number of aliphatic carboxylic acids is 1. The van der Waals surface area contributed by atoms with Gasteiger partial charge < -0.3 is 20.7 Å². The van der Waals surface area contributed by atoms with Crippen LogP contribution >= 0.6 is 0 Å². The van der Waals surface area contributed by atoms with Crippen molar-refractivity contribution < 1.29 is 19.7 Å². The first kappa shape index (κ1) is 11.3. The molecule has 0 saturated heterocycles. The van der Waals surface area contributed by atoms with Crippen molar-refractivity contribution in [3.8, 4) is 11.5 Å². The number of carboxylic acid groups (broad SMARTS) is 1. The fourth-order valence-electron chi connectivity index (χ4n) is 1.37. The number of carbonyl (C=O) groups is 1. The minimum Gasteiger partial charge on any atom is -0.504 e. The second-order valence-electron chi connectivity index (χ2n) is 3.16. The van der Waals surface area contributed by atoms with Gasteiger partial charge in [-0.3, -0.25) is 4.79 Å². The van der Waals surface area contributed by atoms with Gasteiger partial charge in [-0.05, 0) is 18.6 Å². The van der Waals surface area contributed by atoms with Crippen LogP contribution in [0, 0.1) is 6.92 Å². The lowest BCUT2D eigenvalue weighted by Gasteiger charge is -2.14. The van der Waals surface area contributed by atoms with Crippen molar-refractivity contribution in [2.45, 2.75) is 13.0 Å². The summed E-state index contributed by atoms with van der Waals surface area (Å²) in [5.74, 6) is -1.19. The molecule has 4 N–H and O–H groups in total. The summed E-state index contributed by atoms with van der Waals surface area (Å²) in [4.78, 5) is 10.7. The van der Waals surface area contributed by atoms with E-state index in [4.69, 9.17) is 15.6 Å². The number of methoxy groups -OCH3 is 1. The van der Waals surface area contributed by atoms with E-state index < -0.39 is 12.0 Å². The molecular weight excluding hydrogens is 198 g/mol. The quantitative estimate of drug-likeness (QED) is 0.687. The molecule has 0 bridgehead atoms. The summed E-state index contributed by atoms with van der Waals surface area (Å²) in [6, 6.07) is 1.96. The van der Waals surface area contributed by atoms with Gasteiger partial charge in [0.1, 0.15) is 6.04 Å². The third-order valence-electron chi connectivity index (χ3n) is 2.20. The summed E-state index contributed by atoms with van der Waals surface area (Å²) in [5, 5.41) is 18.5. The molecule has 1 aromatic carbocycles. The third kappa shape index (κ3) is 2.02. The van der Waals surface area contributed by atoms with Crippen molar-refractivity contribution in [1.29, 1.82) is 0 Å². The molecule has 1 unspecified atom stereocenters. The molecule has 0 fully saturated rings. The number of phenolic OH excluding ortho intramolecular Hbond substituents is 1. The van der Waals surface area contributed by atoms with Crippen LogP contribution in [0.25, 0.3) is 0 Å².